The number of piperazine rings is 1. The average Bonchev–Trinajstić information content (AvgIpc) is 3.53. The molecule has 0 spiro atoms. The number of nitrogens with zero attached hydrogens (tertiary/aromatic N) is 7. The molecule has 0 bridgehead atoms. The Morgan fingerprint density at radius 2 is 2.00 bits per heavy atom. The second kappa shape index (κ2) is 9.18. The fourth-order valence-electron chi connectivity index (χ4n) is 4.65. The molecular formula is C22H31N7OS. The molecule has 4 heterocycles. The van der Waals surface area contributed by atoms with E-state index in [4.69, 9.17) is 9.72 Å². The summed E-state index contributed by atoms with van der Waals surface area (Å²) in [7, 11) is 0. The van der Waals surface area contributed by atoms with Crippen LogP contribution in [-0.4, -0.2) is 69.0 Å². The van der Waals surface area contributed by atoms with Gasteiger partial charge in [-0.25, -0.2) is 9.67 Å². The van der Waals surface area contributed by atoms with Gasteiger partial charge in [-0.05, 0) is 47.7 Å². The van der Waals surface area contributed by atoms with Gasteiger partial charge in [-0.3, -0.25) is 4.90 Å². The number of benzene rings is 1. The minimum Gasteiger partial charge on any atom is -0.376 e. The zero-order valence-electron chi connectivity index (χ0n) is 18.4. The zero-order valence-corrected chi connectivity index (χ0v) is 19.2. The van der Waals surface area contributed by atoms with Crippen LogP contribution in [0.3, 0.4) is 0 Å². The Balaban J connectivity index is 1.29. The molecule has 3 aromatic rings. The van der Waals surface area contributed by atoms with Gasteiger partial charge in [0, 0.05) is 32.8 Å². The number of hydrogen-bond acceptors (Lipinski definition) is 8. The van der Waals surface area contributed by atoms with E-state index in [1.807, 2.05) is 4.68 Å². The van der Waals surface area contributed by atoms with Gasteiger partial charge in [-0.15, -0.1) is 5.10 Å². The van der Waals surface area contributed by atoms with Gasteiger partial charge in [0.1, 0.15) is 0 Å². The van der Waals surface area contributed by atoms with Crippen molar-refractivity contribution in [3.05, 3.63) is 30.1 Å². The minimum atomic E-state index is 0.230. The Hall–Kier alpha value is -2.10. The first-order valence-electron chi connectivity index (χ1n) is 11.4. The molecular weight excluding hydrogens is 410 g/mol. The Kier molecular flexibility index (Phi) is 6.15. The smallest absolute Gasteiger partial charge is 0.186 e. The van der Waals surface area contributed by atoms with E-state index in [2.05, 4.69) is 63.4 Å². The summed E-state index contributed by atoms with van der Waals surface area (Å²) in [6.07, 6.45) is 3.51. The van der Waals surface area contributed by atoms with Crippen molar-refractivity contribution >= 4 is 26.7 Å². The van der Waals surface area contributed by atoms with Gasteiger partial charge in [0.05, 0.1) is 28.9 Å². The molecule has 2 aromatic heterocycles. The van der Waals surface area contributed by atoms with Gasteiger partial charge in [-0.1, -0.05) is 37.3 Å². The number of fused-ring (bicyclic) bond motifs is 1. The van der Waals surface area contributed by atoms with Crippen molar-refractivity contribution in [3.63, 3.8) is 0 Å². The van der Waals surface area contributed by atoms with Crippen LogP contribution in [0.25, 0.3) is 10.2 Å². The van der Waals surface area contributed by atoms with Crippen molar-refractivity contribution in [3.8, 4) is 0 Å². The predicted molar refractivity (Wildman–Crippen MR) is 122 cm³/mol. The van der Waals surface area contributed by atoms with Crippen molar-refractivity contribution in [2.24, 2.45) is 5.92 Å². The van der Waals surface area contributed by atoms with E-state index >= 15 is 0 Å². The van der Waals surface area contributed by atoms with Crippen LogP contribution in [0, 0.1) is 5.92 Å². The van der Waals surface area contributed by atoms with Crippen LogP contribution < -0.4 is 4.90 Å². The van der Waals surface area contributed by atoms with E-state index in [1.165, 1.54) is 4.70 Å². The first kappa shape index (κ1) is 20.8. The van der Waals surface area contributed by atoms with Gasteiger partial charge in [-0.2, -0.15) is 0 Å². The molecule has 9 heteroatoms. The summed E-state index contributed by atoms with van der Waals surface area (Å²) in [5, 5.41) is 14.0. The number of thiazole rings is 1. The van der Waals surface area contributed by atoms with Crippen LogP contribution >= 0.6 is 11.3 Å². The summed E-state index contributed by atoms with van der Waals surface area (Å²) in [6, 6.07) is 8.62. The summed E-state index contributed by atoms with van der Waals surface area (Å²) in [6.45, 7) is 10.1. The third-order valence-electron chi connectivity index (χ3n) is 6.26. The second-order valence-electron chi connectivity index (χ2n) is 8.99. The molecule has 1 aromatic carbocycles. The molecule has 5 rings (SSSR count). The summed E-state index contributed by atoms with van der Waals surface area (Å²) >= 11 is 1.79. The summed E-state index contributed by atoms with van der Waals surface area (Å²) in [5.74, 6) is 1.55. The summed E-state index contributed by atoms with van der Waals surface area (Å²) < 4.78 is 9.08. The van der Waals surface area contributed by atoms with Gasteiger partial charge in [0.25, 0.3) is 0 Å². The summed E-state index contributed by atoms with van der Waals surface area (Å²) in [4.78, 5) is 9.83. The fourth-order valence-corrected chi connectivity index (χ4v) is 5.66. The van der Waals surface area contributed by atoms with Crippen molar-refractivity contribution < 1.29 is 4.74 Å². The second-order valence-corrected chi connectivity index (χ2v) is 10.00. The molecule has 2 saturated heterocycles. The maximum absolute atomic E-state index is 5.83. The quantitative estimate of drug-likeness (QED) is 0.557. The largest absolute Gasteiger partial charge is 0.376 e. The van der Waals surface area contributed by atoms with E-state index < -0.39 is 0 Å². The molecule has 0 amide bonds. The zero-order chi connectivity index (χ0) is 21.2. The molecule has 2 aliphatic rings. The standard InChI is InChI=1S/C22H31N7OS/c1-16(2)14-19(21-24-25-26-29(21)15-17-6-5-13-30-17)27-9-11-28(12-10-27)22-23-18-7-3-4-8-20(18)31-22/h3-4,7-8,16-17,19H,5-6,9-15H2,1-2H3/t17-,19-/m0/s1. The SMILES string of the molecule is CC(C)C[C@@H](c1nnnn1C[C@@H]1CCCO1)N1CCN(c2nc3ccccc3s2)CC1. The number of rotatable bonds is 7. The van der Waals surface area contributed by atoms with E-state index in [9.17, 15) is 0 Å². The van der Waals surface area contributed by atoms with Crippen LogP contribution in [0.4, 0.5) is 5.13 Å². The van der Waals surface area contributed by atoms with Gasteiger partial charge in [0.15, 0.2) is 11.0 Å². The number of hydrogen-bond donors (Lipinski definition) is 0. The molecule has 2 fully saturated rings. The van der Waals surface area contributed by atoms with Crippen molar-refractivity contribution in [1.82, 2.24) is 30.1 Å². The monoisotopic (exact) mass is 441 g/mol. The van der Waals surface area contributed by atoms with Crippen LogP contribution in [-0.2, 0) is 11.3 Å². The van der Waals surface area contributed by atoms with Gasteiger partial charge in [0.2, 0.25) is 0 Å². The third kappa shape index (κ3) is 4.58. The van der Waals surface area contributed by atoms with Crippen LogP contribution in [0.15, 0.2) is 24.3 Å². The number of anilines is 1. The van der Waals surface area contributed by atoms with Crippen molar-refractivity contribution in [1.29, 1.82) is 0 Å². The molecule has 2 atom stereocenters. The van der Waals surface area contributed by atoms with E-state index in [1.54, 1.807) is 11.3 Å². The normalized spacial score (nSPS) is 21.4. The number of para-hydroxylation sites is 1. The van der Waals surface area contributed by atoms with Gasteiger partial charge < -0.3 is 9.64 Å². The Morgan fingerprint density at radius 1 is 1.16 bits per heavy atom. The molecule has 166 valence electrons. The highest BCUT2D eigenvalue weighted by Crippen LogP contribution is 2.32. The topological polar surface area (TPSA) is 72.2 Å². The van der Waals surface area contributed by atoms with Crippen LogP contribution in [0.5, 0.6) is 0 Å². The molecule has 0 N–H and O–H groups in total. The molecule has 2 aliphatic heterocycles. The van der Waals surface area contributed by atoms with Crippen LogP contribution in [0.2, 0.25) is 0 Å². The minimum absolute atomic E-state index is 0.230. The molecule has 0 radical (unpaired) electrons. The molecule has 31 heavy (non-hydrogen) atoms. The fraction of sp³-hybridized carbons (Fsp3) is 0.636. The number of tetrazole rings is 1. The average molecular weight is 442 g/mol. The highest BCUT2D eigenvalue weighted by Gasteiger charge is 2.31. The molecule has 0 aliphatic carbocycles. The van der Waals surface area contributed by atoms with Gasteiger partial charge >= 0.3 is 0 Å². The number of ether oxygens (including phenoxy) is 1. The Morgan fingerprint density at radius 3 is 2.74 bits per heavy atom. The lowest BCUT2D eigenvalue weighted by atomic mass is 10.0. The van der Waals surface area contributed by atoms with Crippen LogP contribution in [0.1, 0.15) is 45.0 Å². The lowest BCUT2D eigenvalue weighted by molar-refractivity contribution is 0.0885. The first-order chi connectivity index (χ1) is 15.2. The highest BCUT2D eigenvalue weighted by atomic mass is 32.1. The van der Waals surface area contributed by atoms with E-state index in [0.29, 0.717) is 5.92 Å². The van der Waals surface area contributed by atoms with Crippen molar-refractivity contribution in [2.75, 3.05) is 37.7 Å². The van der Waals surface area contributed by atoms with E-state index in [-0.39, 0.29) is 12.1 Å². The third-order valence-corrected chi connectivity index (χ3v) is 7.36. The van der Waals surface area contributed by atoms with E-state index in [0.717, 1.165) is 75.1 Å². The number of aromatic nitrogens is 5. The maximum Gasteiger partial charge on any atom is 0.186 e. The Bertz CT molecular complexity index is 956. The lowest BCUT2D eigenvalue weighted by Gasteiger charge is -2.39. The summed E-state index contributed by atoms with van der Waals surface area (Å²) in [5.41, 5.74) is 1.09. The van der Waals surface area contributed by atoms with Crippen molar-refractivity contribution in [2.45, 2.75) is 51.8 Å². The Labute approximate surface area is 187 Å². The predicted octanol–water partition coefficient (Wildman–Crippen LogP) is 3.37. The molecule has 8 nitrogen and oxygen atoms in total. The molecule has 0 unspecified atom stereocenters. The maximum atomic E-state index is 5.83. The lowest BCUT2D eigenvalue weighted by Crippen LogP contribution is -2.48. The first-order valence-corrected chi connectivity index (χ1v) is 12.2. The molecule has 0 saturated carbocycles. The highest BCUT2D eigenvalue weighted by molar-refractivity contribution is 7.22.